The Bertz CT molecular complexity index is 2270. The standard InChI is InChI=1S/C60H70O14/c1-63-27-29-65-31-33-67-35-37-69-39-41-71-43-45-73-57-23-19-55(20-24-57)59(61)53-15-11-51(12-16-53)49-7-3-47(4-8-49)48-5-9-50(10-6-48)52-13-17-54(18-14-52)60(62)56-21-25-58(26-22-56)74-46-44-72-42-40-70-38-36-68-34-32-66-30-28-64-2/h3-26H,27-46H2,1-2H3. The lowest BCUT2D eigenvalue weighted by molar-refractivity contribution is -0.00978. The Morgan fingerprint density at radius 2 is 0.419 bits per heavy atom. The van der Waals surface area contributed by atoms with E-state index in [-0.39, 0.29) is 11.6 Å². The van der Waals surface area contributed by atoms with Gasteiger partial charge in [-0.25, -0.2) is 0 Å². The predicted octanol–water partition coefficient (Wildman–Crippen LogP) is 9.33. The summed E-state index contributed by atoms with van der Waals surface area (Å²) in [6.07, 6.45) is 0. The van der Waals surface area contributed by atoms with E-state index in [2.05, 4.69) is 48.5 Å². The zero-order valence-electron chi connectivity index (χ0n) is 42.7. The number of methoxy groups -OCH3 is 2. The van der Waals surface area contributed by atoms with Crippen molar-refractivity contribution in [2.75, 3.05) is 146 Å². The molecule has 0 aromatic heterocycles. The van der Waals surface area contributed by atoms with Crippen molar-refractivity contribution in [1.29, 1.82) is 0 Å². The summed E-state index contributed by atoms with van der Waals surface area (Å²) >= 11 is 0. The second-order valence-electron chi connectivity index (χ2n) is 16.6. The van der Waals surface area contributed by atoms with Crippen LogP contribution < -0.4 is 9.47 Å². The van der Waals surface area contributed by atoms with E-state index in [1.807, 2.05) is 48.5 Å². The Hall–Kier alpha value is -6.14. The molecule has 74 heavy (non-hydrogen) atoms. The SMILES string of the molecule is COCCOCCOCCOCCOCCOc1ccc(C(=O)c2ccc(-c3ccc(-c4ccc(-c5ccc(C(=O)c6ccc(OCCOCCOCCOCCOCCOC)cc6)cc5)cc4)cc3)cc2)cc1. The van der Waals surface area contributed by atoms with Crippen LogP contribution in [0.3, 0.4) is 0 Å². The second kappa shape index (κ2) is 34.4. The third-order valence-electron chi connectivity index (χ3n) is 11.4. The summed E-state index contributed by atoms with van der Waals surface area (Å²) in [4.78, 5) is 26.6. The fourth-order valence-corrected chi connectivity index (χ4v) is 7.32. The molecule has 0 aliphatic rings. The summed E-state index contributed by atoms with van der Waals surface area (Å²) in [5.41, 5.74) is 8.71. The number of carbonyl (C=O) groups excluding carboxylic acids is 2. The lowest BCUT2D eigenvalue weighted by Gasteiger charge is -2.10. The quantitative estimate of drug-likeness (QED) is 0.0267. The highest BCUT2D eigenvalue weighted by atomic mass is 16.6. The van der Waals surface area contributed by atoms with Crippen LogP contribution in [0, 0.1) is 0 Å². The third-order valence-corrected chi connectivity index (χ3v) is 11.4. The van der Waals surface area contributed by atoms with Gasteiger partial charge in [0.1, 0.15) is 24.7 Å². The van der Waals surface area contributed by atoms with Crippen LogP contribution in [0.25, 0.3) is 33.4 Å². The van der Waals surface area contributed by atoms with Crippen molar-refractivity contribution < 1.29 is 66.4 Å². The highest BCUT2D eigenvalue weighted by Gasteiger charge is 2.12. The van der Waals surface area contributed by atoms with Gasteiger partial charge >= 0.3 is 0 Å². The number of carbonyl (C=O) groups is 2. The second-order valence-corrected chi connectivity index (χ2v) is 16.6. The lowest BCUT2D eigenvalue weighted by Crippen LogP contribution is -2.14. The largest absolute Gasteiger partial charge is 0.491 e. The van der Waals surface area contributed by atoms with Crippen LogP contribution in [-0.4, -0.2) is 158 Å². The van der Waals surface area contributed by atoms with E-state index in [1.165, 1.54) is 0 Å². The summed E-state index contributed by atoms with van der Waals surface area (Å²) < 4.78 is 65.2. The van der Waals surface area contributed by atoms with Crippen molar-refractivity contribution in [3.05, 3.63) is 168 Å². The molecular weight excluding hydrogens is 945 g/mol. The average molecular weight is 1020 g/mol. The average Bonchev–Trinajstić information content (AvgIpc) is 3.45. The maximum Gasteiger partial charge on any atom is 0.193 e. The smallest absolute Gasteiger partial charge is 0.193 e. The Morgan fingerprint density at radius 3 is 0.635 bits per heavy atom. The van der Waals surface area contributed by atoms with Crippen LogP contribution >= 0.6 is 0 Å². The van der Waals surface area contributed by atoms with E-state index in [4.69, 9.17) is 56.8 Å². The molecule has 0 aliphatic heterocycles. The van der Waals surface area contributed by atoms with Crippen molar-refractivity contribution in [2.45, 2.75) is 0 Å². The summed E-state index contributed by atoms with van der Waals surface area (Å²) in [5, 5.41) is 0. The van der Waals surface area contributed by atoms with Crippen LogP contribution in [-0.2, 0) is 47.4 Å². The fourth-order valence-electron chi connectivity index (χ4n) is 7.32. The molecule has 0 radical (unpaired) electrons. The number of rotatable bonds is 39. The molecule has 0 N–H and O–H groups in total. The van der Waals surface area contributed by atoms with Crippen molar-refractivity contribution in [1.82, 2.24) is 0 Å². The van der Waals surface area contributed by atoms with Gasteiger partial charge in [-0.15, -0.1) is 0 Å². The van der Waals surface area contributed by atoms with Gasteiger partial charge in [-0.2, -0.15) is 0 Å². The molecule has 14 heteroatoms. The van der Waals surface area contributed by atoms with Crippen molar-refractivity contribution in [2.24, 2.45) is 0 Å². The van der Waals surface area contributed by atoms with Crippen LogP contribution in [0.1, 0.15) is 31.8 Å². The van der Waals surface area contributed by atoms with Crippen LogP contribution in [0.15, 0.2) is 146 Å². The molecule has 6 rings (SSSR count). The maximum atomic E-state index is 13.3. The highest BCUT2D eigenvalue weighted by molar-refractivity contribution is 6.09. The maximum absolute atomic E-state index is 13.3. The number of ketones is 2. The topological polar surface area (TPSA) is 145 Å². The molecule has 0 amide bonds. The molecule has 6 aromatic rings. The molecule has 0 fully saturated rings. The minimum Gasteiger partial charge on any atom is -0.491 e. The van der Waals surface area contributed by atoms with Gasteiger partial charge in [0, 0.05) is 36.5 Å². The fraction of sp³-hybridized carbons (Fsp3) is 0.367. The van der Waals surface area contributed by atoms with Gasteiger partial charge in [-0.05, 0) is 81.9 Å². The van der Waals surface area contributed by atoms with Gasteiger partial charge < -0.3 is 56.8 Å². The first-order valence-corrected chi connectivity index (χ1v) is 25.1. The Balaban J connectivity index is 0.847. The number of ether oxygens (including phenoxy) is 12. The molecule has 394 valence electrons. The van der Waals surface area contributed by atoms with Crippen LogP contribution in [0.4, 0.5) is 0 Å². The van der Waals surface area contributed by atoms with E-state index in [1.54, 1.807) is 62.8 Å². The summed E-state index contributed by atoms with van der Waals surface area (Å²) in [6.45, 7) is 9.84. The minimum atomic E-state index is -0.0590. The number of benzene rings is 6. The predicted molar refractivity (Wildman–Crippen MR) is 284 cm³/mol. The summed E-state index contributed by atoms with van der Waals surface area (Å²) in [6, 6.07) is 46.5. The van der Waals surface area contributed by atoms with Gasteiger partial charge in [0.25, 0.3) is 0 Å². The zero-order valence-corrected chi connectivity index (χ0v) is 42.7. The monoisotopic (exact) mass is 1010 g/mol. The van der Waals surface area contributed by atoms with Crippen LogP contribution in [0.5, 0.6) is 11.5 Å². The van der Waals surface area contributed by atoms with Gasteiger partial charge in [0.2, 0.25) is 0 Å². The van der Waals surface area contributed by atoms with Crippen molar-refractivity contribution in [3.63, 3.8) is 0 Å². The molecule has 0 bridgehead atoms. The Kier molecular flexibility index (Phi) is 26.5. The molecule has 6 aromatic carbocycles. The molecular formula is C60H70O14. The molecule has 0 unspecified atom stereocenters. The van der Waals surface area contributed by atoms with Gasteiger partial charge in [0.15, 0.2) is 11.6 Å². The third kappa shape index (κ3) is 20.6. The van der Waals surface area contributed by atoms with Gasteiger partial charge in [-0.3, -0.25) is 9.59 Å². The first kappa shape index (κ1) is 57.1. The van der Waals surface area contributed by atoms with Gasteiger partial charge in [-0.1, -0.05) is 97.1 Å². The molecule has 0 saturated heterocycles. The molecule has 14 nitrogen and oxygen atoms in total. The Labute approximate surface area is 435 Å². The minimum absolute atomic E-state index is 0.0590. The van der Waals surface area contributed by atoms with Crippen molar-refractivity contribution >= 4 is 11.6 Å². The summed E-state index contributed by atoms with van der Waals surface area (Å²) in [7, 11) is 3.28. The van der Waals surface area contributed by atoms with E-state index in [9.17, 15) is 9.59 Å². The van der Waals surface area contributed by atoms with Gasteiger partial charge in [0.05, 0.1) is 119 Å². The van der Waals surface area contributed by atoms with Crippen LogP contribution in [0.2, 0.25) is 0 Å². The van der Waals surface area contributed by atoms with E-state index >= 15 is 0 Å². The summed E-state index contributed by atoms with van der Waals surface area (Å²) in [5.74, 6) is 1.21. The van der Waals surface area contributed by atoms with Crippen molar-refractivity contribution in [3.8, 4) is 44.9 Å². The van der Waals surface area contributed by atoms with E-state index < -0.39 is 0 Å². The highest BCUT2D eigenvalue weighted by Crippen LogP contribution is 2.29. The molecule has 0 aliphatic carbocycles. The first-order chi connectivity index (χ1) is 36.5. The molecule has 0 heterocycles. The number of hydrogen-bond donors (Lipinski definition) is 0. The molecule has 0 atom stereocenters. The van der Waals surface area contributed by atoms with E-state index in [0.29, 0.717) is 166 Å². The Morgan fingerprint density at radius 1 is 0.243 bits per heavy atom. The molecule has 0 saturated carbocycles. The number of hydrogen-bond acceptors (Lipinski definition) is 14. The lowest BCUT2D eigenvalue weighted by atomic mass is 9.96. The van der Waals surface area contributed by atoms with E-state index in [0.717, 1.165) is 33.4 Å². The normalized spacial score (nSPS) is 11.2. The first-order valence-electron chi connectivity index (χ1n) is 25.1. The zero-order chi connectivity index (χ0) is 51.7. The molecule has 0 spiro atoms.